The molecule has 44 heavy (non-hydrogen) atoms. The van der Waals surface area contributed by atoms with Gasteiger partial charge in [0.15, 0.2) is 11.6 Å². The summed E-state index contributed by atoms with van der Waals surface area (Å²) in [4.78, 5) is 21.9. The Balaban J connectivity index is 1.53. The normalized spacial score (nSPS) is 10.6. The van der Waals surface area contributed by atoms with E-state index in [9.17, 15) is 15.3 Å². The van der Waals surface area contributed by atoms with Gasteiger partial charge in [0, 0.05) is 18.0 Å². The molecule has 0 saturated carbocycles. The molecule has 7 nitrogen and oxygen atoms in total. The van der Waals surface area contributed by atoms with Gasteiger partial charge in [-0.2, -0.15) is 10.5 Å². The SMILES string of the molecule is CCCCCCCCCCOc1ccc(OC(=O)c2ccc(-c3ncc(CCCCCCCC)cn3)cc2)c(C#N)c1C#N. The molecule has 0 spiro atoms. The van der Waals surface area contributed by atoms with Gasteiger partial charge in [-0.15, -0.1) is 0 Å². The highest BCUT2D eigenvalue weighted by molar-refractivity contribution is 5.92. The third-order valence-corrected chi connectivity index (χ3v) is 7.71. The lowest BCUT2D eigenvalue weighted by molar-refractivity contribution is 0.0734. The third kappa shape index (κ3) is 11.1. The lowest BCUT2D eigenvalue weighted by Gasteiger charge is -2.12. The van der Waals surface area contributed by atoms with Crippen molar-refractivity contribution in [1.29, 1.82) is 10.5 Å². The predicted octanol–water partition coefficient (Wildman–Crippen LogP) is 9.53. The summed E-state index contributed by atoms with van der Waals surface area (Å²) in [5, 5.41) is 19.5. The Bertz CT molecular complexity index is 1370. The van der Waals surface area contributed by atoms with Crippen LogP contribution in [0.25, 0.3) is 11.4 Å². The van der Waals surface area contributed by atoms with Gasteiger partial charge in [0.25, 0.3) is 0 Å². The molecule has 0 fully saturated rings. The number of hydrogen-bond donors (Lipinski definition) is 0. The van der Waals surface area contributed by atoms with Crippen LogP contribution >= 0.6 is 0 Å². The molecule has 0 aliphatic rings. The number of esters is 1. The van der Waals surface area contributed by atoms with Crippen molar-refractivity contribution in [3.8, 4) is 35.0 Å². The standard InChI is InChI=1S/C37H46N4O3/c1-3-5-7-9-11-12-14-16-24-43-34-22-23-35(33(26-39)32(34)25-38)44-37(42)31-20-18-30(19-21-31)36-40-27-29(28-41-36)17-15-13-10-8-6-4-2/h18-23,27-28H,3-17,24H2,1-2H3. The molecule has 0 saturated heterocycles. The van der Waals surface area contributed by atoms with Crippen LogP contribution in [0.4, 0.5) is 0 Å². The maximum Gasteiger partial charge on any atom is 0.343 e. The van der Waals surface area contributed by atoms with E-state index in [2.05, 4.69) is 23.8 Å². The number of rotatable bonds is 20. The molecule has 1 aromatic heterocycles. The van der Waals surface area contributed by atoms with E-state index in [1.165, 1.54) is 70.3 Å². The first-order valence-electron chi connectivity index (χ1n) is 16.3. The molecular formula is C37H46N4O3. The fraction of sp³-hybridized carbons (Fsp3) is 0.486. The summed E-state index contributed by atoms with van der Waals surface area (Å²) in [5.74, 6) is 0.320. The number of benzene rings is 2. The van der Waals surface area contributed by atoms with Crippen LogP contribution in [0.5, 0.6) is 11.5 Å². The second-order valence-electron chi connectivity index (χ2n) is 11.3. The van der Waals surface area contributed by atoms with Crippen LogP contribution in [0.15, 0.2) is 48.8 Å². The maximum absolute atomic E-state index is 12.9. The molecule has 0 atom stereocenters. The van der Waals surface area contributed by atoms with Crippen LogP contribution in [0, 0.1) is 22.7 Å². The summed E-state index contributed by atoms with van der Waals surface area (Å²) in [6, 6.07) is 14.0. The highest BCUT2D eigenvalue weighted by Gasteiger charge is 2.19. The van der Waals surface area contributed by atoms with Crippen molar-refractivity contribution in [2.45, 2.75) is 110 Å². The Labute approximate surface area is 263 Å². The highest BCUT2D eigenvalue weighted by Crippen LogP contribution is 2.30. The molecule has 0 N–H and O–H groups in total. The van der Waals surface area contributed by atoms with Crippen LogP contribution in [-0.2, 0) is 6.42 Å². The summed E-state index contributed by atoms with van der Waals surface area (Å²) in [6.45, 7) is 4.91. The van der Waals surface area contributed by atoms with Gasteiger partial charge >= 0.3 is 5.97 Å². The molecule has 3 rings (SSSR count). The van der Waals surface area contributed by atoms with Crippen molar-refractivity contribution in [3.63, 3.8) is 0 Å². The Morgan fingerprint density at radius 3 is 1.80 bits per heavy atom. The Hall–Kier alpha value is -4.23. The average molecular weight is 595 g/mol. The molecular weight excluding hydrogens is 548 g/mol. The van der Waals surface area contributed by atoms with Crippen LogP contribution in [0.3, 0.4) is 0 Å². The van der Waals surface area contributed by atoms with Crippen LogP contribution in [0.2, 0.25) is 0 Å². The number of aromatic nitrogens is 2. The summed E-state index contributed by atoms with van der Waals surface area (Å²) < 4.78 is 11.4. The molecule has 0 aliphatic heterocycles. The number of hydrogen-bond acceptors (Lipinski definition) is 7. The maximum atomic E-state index is 12.9. The minimum atomic E-state index is -0.625. The highest BCUT2D eigenvalue weighted by atomic mass is 16.5. The minimum absolute atomic E-state index is 0.0136. The zero-order valence-electron chi connectivity index (χ0n) is 26.4. The fourth-order valence-corrected chi connectivity index (χ4v) is 5.07. The minimum Gasteiger partial charge on any atom is -0.492 e. The molecule has 1 heterocycles. The topological polar surface area (TPSA) is 109 Å². The van der Waals surface area contributed by atoms with Gasteiger partial charge < -0.3 is 9.47 Å². The Kier molecular flexibility index (Phi) is 15.5. The fourth-order valence-electron chi connectivity index (χ4n) is 5.07. The van der Waals surface area contributed by atoms with E-state index in [-0.39, 0.29) is 16.9 Å². The number of nitriles is 2. The summed E-state index contributed by atoms with van der Waals surface area (Å²) >= 11 is 0. The first-order valence-corrected chi connectivity index (χ1v) is 16.3. The number of nitrogens with zero attached hydrogens (tertiary/aromatic N) is 4. The van der Waals surface area contributed by atoms with E-state index in [0.717, 1.165) is 43.2 Å². The van der Waals surface area contributed by atoms with Crippen molar-refractivity contribution < 1.29 is 14.3 Å². The number of carbonyl (C=O) groups is 1. The van der Waals surface area contributed by atoms with Gasteiger partial charge in [-0.3, -0.25) is 0 Å². The third-order valence-electron chi connectivity index (χ3n) is 7.71. The van der Waals surface area contributed by atoms with Gasteiger partial charge in [0.05, 0.1) is 12.2 Å². The largest absolute Gasteiger partial charge is 0.492 e. The lowest BCUT2D eigenvalue weighted by atomic mass is 10.1. The number of ether oxygens (including phenoxy) is 2. The molecule has 0 unspecified atom stereocenters. The smallest absolute Gasteiger partial charge is 0.343 e. The predicted molar refractivity (Wildman–Crippen MR) is 173 cm³/mol. The zero-order valence-corrected chi connectivity index (χ0v) is 26.4. The first kappa shape index (κ1) is 34.3. The number of unbranched alkanes of at least 4 members (excludes halogenated alkanes) is 12. The number of aryl methyl sites for hydroxylation is 1. The monoisotopic (exact) mass is 594 g/mol. The Morgan fingerprint density at radius 1 is 0.682 bits per heavy atom. The van der Waals surface area contributed by atoms with Crippen molar-refractivity contribution >= 4 is 5.97 Å². The summed E-state index contributed by atoms with van der Waals surface area (Å²) in [5.41, 5.74) is 2.28. The zero-order chi connectivity index (χ0) is 31.4. The van der Waals surface area contributed by atoms with Crippen LogP contribution in [-0.4, -0.2) is 22.5 Å². The molecule has 0 bridgehead atoms. The van der Waals surface area contributed by atoms with Crippen LogP contribution < -0.4 is 9.47 Å². The van der Waals surface area contributed by atoms with Gasteiger partial charge in [-0.1, -0.05) is 103 Å². The van der Waals surface area contributed by atoms with E-state index in [0.29, 0.717) is 23.7 Å². The van der Waals surface area contributed by atoms with Crippen molar-refractivity contribution in [3.05, 3.63) is 71.0 Å². The summed E-state index contributed by atoms with van der Waals surface area (Å²) in [6.07, 6.45) is 21.6. The van der Waals surface area contributed by atoms with Crippen molar-refractivity contribution in [2.75, 3.05) is 6.61 Å². The second-order valence-corrected chi connectivity index (χ2v) is 11.3. The molecule has 3 aromatic rings. The molecule has 232 valence electrons. The molecule has 0 amide bonds. The quantitative estimate of drug-likeness (QED) is 0.0728. The van der Waals surface area contributed by atoms with E-state index < -0.39 is 5.97 Å². The van der Waals surface area contributed by atoms with E-state index in [4.69, 9.17) is 9.47 Å². The Morgan fingerprint density at radius 2 is 1.20 bits per heavy atom. The van der Waals surface area contributed by atoms with E-state index >= 15 is 0 Å². The van der Waals surface area contributed by atoms with Crippen LogP contribution in [0.1, 0.15) is 131 Å². The van der Waals surface area contributed by atoms with Crippen molar-refractivity contribution in [1.82, 2.24) is 9.97 Å². The molecule has 2 aromatic carbocycles. The lowest BCUT2D eigenvalue weighted by Crippen LogP contribution is -2.10. The van der Waals surface area contributed by atoms with E-state index in [1.54, 1.807) is 30.3 Å². The van der Waals surface area contributed by atoms with Gasteiger partial charge in [-0.05, 0) is 49.1 Å². The first-order chi connectivity index (χ1) is 21.6. The van der Waals surface area contributed by atoms with Gasteiger partial charge in [-0.25, -0.2) is 14.8 Å². The van der Waals surface area contributed by atoms with Crippen molar-refractivity contribution in [2.24, 2.45) is 0 Å². The summed E-state index contributed by atoms with van der Waals surface area (Å²) in [7, 11) is 0. The van der Waals surface area contributed by atoms with Gasteiger partial charge in [0.1, 0.15) is 29.0 Å². The molecule has 7 heteroatoms. The number of carbonyl (C=O) groups excluding carboxylic acids is 1. The second kappa shape index (κ2) is 19.9. The average Bonchev–Trinajstić information content (AvgIpc) is 3.06. The van der Waals surface area contributed by atoms with Gasteiger partial charge in [0.2, 0.25) is 0 Å². The molecule has 0 aliphatic carbocycles. The van der Waals surface area contributed by atoms with E-state index in [1.807, 2.05) is 24.5 Å². The molecule has 0 radical (unpaired) electrons.